The number of ether oxygens (including phenoxy) is 1. The van der Waals surface area contributed by atoms with Gasteiger partial charge in [-0.3, -0.25) is 9.59 Å². The van der Waals surface area contributed by atoms with Gasteiger partial charge in [0.2, 0.25) is 5.91 Å². The highest BCUT2D eigenvalue weighted by Gasteiger charge is 2.40. The van der Waals surface area contributed by atoms with Gasteiger partial charge in [-0.2, -0.15) is 0 Å². The molecule has 1 atom stereocenters. The lowest BCUT2D eigenvalue weighted by atomic mass is 9.89. The molecule has 0 aliphatic carbocycles. The number of ketones is 1. The van der Waals surface area contributed by atoms with Crippen LogP contribution in [0.3, 0.4) is 0 Å². The Balaban J connectivity index is 1.36. The van der Waals surface area contributed by atoms with Gasteiger partial charge in [-0.05, 0) is 94.1 Å². The zero-order valence-electron chi connectivity index (χ0n) is 26.3. The Morgan fingerprint density at radius 1 is 1.04 bits per heavy atom. The first-order valence-electron chi connectivity index (χ1n) is 15.1. The highest BCUT2D eigenvalue weighted by molar-refractivity contribution is 6.02. The summed E-state index contributed by atoms with van der Waals surface area (Å²) in [5.74, 6) is -4.73. The minimum Gasteiger partial charge on any atom is -0.468 e. The standard InChI is InChI=1S/C33H40F3N5O4/c1-19(2)31(43)39-25-9-6-8-23(16-25)22-10-14-40(15-11-22)13-7-12-37-32(44)41-30(24-17-26(34)29(36)27(35)18-24)28(21(4)42)20(3)38-33(41)45-5/h6,8-9,16-19,22,30H,7,10-15H2,1-5H3,(H,37,44)(H,39,43). The fraction of sp³-hybridized carbons (Fsp3) is 0.455. The lowest BCUT2D eigenvalue weighted by molar-refractivity contribution is -0.119. The molecule has 2 aliphatic heterocycles. The molecule has 12 heteroatoms. The van der Waals surface area contributed by atoms with Crippen molar-refractivity contribution in [2.45, 2.75) is 58.9 Å². The van der Waals surface area contributed by atoms with Gasteiger partial charge in [-0.15, -0.1) is 0 Å². The van der Waals surface area contributed by atoms with Gasteiger partial charge >= 0.3 is 12.1 Å². The number of urea groups is 1. The molecular weight excluding hydrogens is 587 g/mol. The van der Waals surface area contributed by atoms with E-state index in [0.717, 1.165) is 55.2 Å². The molecular formula is C33H40F3N5O4. The van der Waals surface area contributed by atoms with Gasteiger partial charge in [-0.25, -0.2) is 27.9 Å². The molecule has 0 radical (unpaired) electrons. The number of allylic oxidation sites excluding steroid dienone is 1. The number of benzene rings is 2. The largest absolute Gasteiger partial charge is 0.468 e. The molecule has 4 rings (SSSR count). The van der Waals surface area contributed by atoms with Gasteiger partial charge in [0.05, 0.1) is 18.8 Å². The molecule has 2 aromatic rings. The van der Waals surface area contributed by atoms with Gasteiger partial charge in [0.25, 0.3) is 0 Å². The van der Waals surface area contributed by atoms with E-state index < -0.39 is 35.3 Å². The number of hydrogen-bond acceptors (Lipinski definition) is 6. The lowest BCUT2D eigenvalue weighted by Crippen LogP contribution is -2.49. The van der Waals surface area contributed by atoms with Crippen molar-refractivity contribution in [3.8, 4) is 0 Å². The van der Waals surface area contributed by atoms with Gasteiger partial charge in [0, 0.05) is 23.7 Å². The molecule has 2 aromatic carbocycles. The van der Waals surface area contributed by atoms with Crippen molar-refractivity contribution in [1.82, 2.24) is 15.1 Å². The average molecular weight is 628 g/mol. The van der Waals surface area contributed by atoms with Crippen LogP contribution in [0.25, 0.3) is 0 Å². The van der Waals surface area contributed by atoms with Crippen molar-refractivity contribution in [2.24, 2.45) is 10.9 Å². The average Bonchev–Trinajstić information content (AvgIpc) is 3.01. The second-order valence-electron chi connectivity index (χ2n) is 11.7. The summed E-state index contributed by atoms with van der Waals surface area (Å²) in [7, 11) is 1.29. The summed E-state index contributed by atoms with van der Waals surface area (Å²) < 4.78 is 47.6. The molecule has 2 N–H and O–H groups in total. The maximum absolute atomic E-state index is 14.2. The third kappa shape index (κ3) is 7.91. The minimum absolute atomic E-state index is 0.0141. The fourth-order valence-electron chi connectivity index (χ4n) is 5.77. The molecule has 0 aromatic heterocycles. The van der Waals surface area contributed by atoms with Gasteiger partial charge in [-0.1, -0.05) is 26.0 Å². The van der Waals surface area contributed by atoms with Crippen molar-refractivity contribution in [2.75, 3.05) is 38.6 Å². The number of amidine groups is 1. The van der Waals surface area contributed by atoms with E-state index in [9.17, 15) is 27.6 Å². The molecule has 3 amide bonds. The number of carbonyl (C=O) groups is 3. The highest BCUT2D eigenvalue weighted by Crippen LogP contribution is 2.37. The molecule has 1 saturated heterocycles. The number of nitrogens with zero attached hydrogens (tertiary/aromatic N) is 3. The molecule has 1 unspecified atom stereocenters. The first kappa shape index (κ1) is 33.7. The van der Waals surface area contributed by atoms with E-state index in [0.29, 0.717) is 12.3 Å². The number of Topliss-reactive ketones (excluding diaryl/α,β-unsaturated/α-hetero) is 1. The van der Waals surface area contributed by atoms with Crippen LogP contribution in [0.4, 0.5) is 23.7 Å². The summed E-state index contributed by atoms with van der Waals surface area (Å²) in [6.07, 6.45) is 2.54. The number of amides is 3. The zero-order valence-corrected chi connectivity index (χ0v) is 26.3. The first-order chi connectivity index (χ1) is 21.4. The number of nitrogens with one attached hydrogen (secondary N) is 2. The van der Waals surface area contributed by atoms with Crippen molar-refractivity contribution in [3.05, 3.63) is 76.2 Å². The molecule has 0 saturated carbocycles. The summed E-state index contributed by atoms with van der Waals surface area (Å²) in [6, 6.07) is 7.40. The number of anilines is 1. The number of carbonyl (C=O) groups excluding carboxylic acids is 3. The topological polar surface area (TPSA) is 103 Å². The third-order valence-corrected chi connectivity index (χ3v) is 8.16. The Hall–Kier alpha value is -4.19. The van der Waals surface area contributed by atoms with Crippen LogP contribution in [0.15, 0.2) is 52.7 Å². The number of piperidine rings is 1. The second kappa shape index (κ2) is 14.7. The molecule has 2 heterocycles. The van der Waals surface area contributed by atoms with Gasteiger partial charge in [0.1, 0.15) is 0 Å². The summed E-state index contributed by atoms with van der Waals surface area (Å²) in [4.78, 5) is 45.7. The Morgan fingerprint density at radius 3 is 2.31 bits per heavy atom. The van der Waals surface area contributed by atoms with Crippen LogP contribution in [0, 0.1) is 23.4 Å². The number of methoxy groups -OCH3 is 1. The zero-order chi connectivity index (χ0) is 32.8. The maximum atomic E-state index is 14.2. The number of likely N-dealkylation sites (tertiary alicyclic amines) is 1. The minimum atomic E-state index is -1.65. The molecule has 242 valence electrons. The predicted octanol–water partition coefficient (Wildman–Crippen LogP) is 5.90. The van der Waals surface area contributed by atoms with E-state index in [2.05, 4.69) is 26.6 Å². The second-order valence-corrected chi connectivity index (χ2v) is 11.7. The molecule has 9 nitrogen and oxygen atoms in total. The van der Waals surface area contributed by atoms with Gasteiger partial charge in [0.15, 0.2) is 23.2 Å². The summed E-state index contributed by atoms with van der Waals surface area (Å²) in [5, 5.41) is 5.77. The summed E-state index contributed by atoms with van der Waals surface area (Å²) in [6.45, 7) is 9.27. The van der Waals surface area contributed by atoms with E-state index in [1.54, 1.807) is 0 Å². The Labute approximate surface area is 261 Å². The van der Waals surface area contributed by atoms with E-state index in [1.807, 2.05) is 32.0 Å². The van der Waals surface area contributed by atoms with Crippen molar-refractivity contribution < 1.29 is 32.3 Å². The van der Waals surface area contributed by atoms with E-state index >= 15 is 0 Å². The SMILES string of the molecule is COC1=NC(C)=C(C(C)=O)C(c2cc(F)c(F)c(F)c2)N1C(=O)NCCCN1CCC(c2cccc(NC(=O)C(C)C)c2)CC1. The van der Waals surface area contributed by atoms with Crippen LogP contribution >= 0.6 is 0 Å². The third-order valence-electron chi connectivity index (χ3n) is 8.16. The quantitative estimate of drug-likeness (QED) is 0.266. The van der Waals surface area contributed by atoms with E-state index in [1.165, 1.54) is 26.5 Å². The number of aliphatic imine (C=N–C) groups is 1. The van der Waals surface area contributed by atoms with Crippen molar-refractivity contribution in [1.29, 1.82) is 0 Å². The summed E-state index contributed by atoms with van der Waals surface area (Å²) in [5.41, 5.74) is 2.12. The Morgan fingerprint density at radius 2 is 1.71 bits per heavy atom. The highest BCUT2D eigenvalue weighted by atomic mass is 19.2. The van der Waals surface area contributed by atoms with E-state index in [-0.39, 0.29) is 41.2 Å². The summed E-state index contributed by atoms with van der Waals surface area (Å²) >= 11 is 0. The Bertz CT molecular complexity index is 1480. The van der Waals surface area contributed by atoms with Crippen molar-refractivity contribution >= 4 is 29.4 Å². The van der Waals surface area contributed by atoms with Crippen LogP contribution in [0.2, 0.25) is 0 Å². The monoisotopic (exact) mass is 627 g/mol. The fourth-order valence-corrected chi connectivity index (χ4v) is 5.77. The molecule has 45 heavy (non-hydrogen) atoms. The molecule has 1 fully saturated rings. The molecule has 2 aliphatic rings. The normalized spacial score (nSPS) is 17.8. The number of hydrogen-bond donors (Lipinski definition) is 2. The van der Waals surface area contributed by atoms with Crippen molar-refractivity contribution in [3.63, 3.8) is 0 Å². The van der Waals surface area contributed by atoms with Crippen LogP contribution in [0.5, 0.6) is 0 Å². The first-order valence-corrected chi connectivity index (χ1v) is 15.1. The Kier molecular flexibility index (Phi) is 11.0. The number of rotatable bonds is 9. The van der Waals surface area contributed by atoms with Crippen LogP contribution < -0.4 is 10.6 Å². The number of halogens is 3. The molecule has 0 spiro atoms. The van der Waals surface area contributed by atoms with Crippen LogP contribution in [0.1, 0.15) is 70.0 Å². The van der Waals surface area contributed by atoms with Crippen LogP contribution in [-0.4, -0.2) is 66.8 Å². The van der Waals surface area contributed by atoms with Gasteiger partial charge < -0.3 is 20.3 Å². The maximum Gasteiger partial charge on any atom is 0.326 e. The lowest BCUT2D eigenvalue weighted by Gasteiger charge is -2.36. The van der Waals surface area contributed by atoms with Crippen LogP contribution in [-0.2, 0) is 14.3 Å². The van der Waals surface area contributed by atoms with E-state index in [4.69, 9.17) is 4.74 Å². The smallest absolute Gasteiger partial charge is 0.326 e. The molecule has 0 bridgehead atoms. The predicted molar refractivity (Wildman–Crippen MR) is 165 cm³/mol.